The van der Waals surface area contributed by atoms with Crippen LogP contribution in [0.2, 0.25) is 0 Å². The summed E-state index contributed by atoms with van der Waals surface area (Å²) in [5.74, 6) is 1.07. The summed E-state index contributed by atoms with van der Waals surface area (Å²) in [6.45, 7) is 3.89. The number of imide groups is 1. The standard InChI is InChI=1S/C23H31N5O2S/c1-15-2-4-16(5-3-15)10-12-24-17-6-8-18(9-7-17)26-22-25-13-11-19(27-22)14-20-21(29)28-23(30)31-20/h2-4,11,14,16-18,24H,5-10,12-13H2,1H3,(H2,25,26,27)(H,28,29,30)/b20-14-/t16?,17-,18-. The molecular weight excluding hydrogens is 410 g/mol. The molecule has 1 saturated carbocycles. The molecule has 31 heavy (non-hydrogen) atoms. The number of hydrogen-bond donors (Lipinski definition) is 4. The molecule has 166 valence electrons. The van der Waals surface area contributed by atoms with Crippen molar-refractivity contribution in [1.29, 1.82) is 0 Å². The van der Waals surface area contributed by atoms with Crippen molar-refractivity contribution in [1.82, 2.24) is 21.3 Å². The highest BCUT2D eigenvalue weighted by atomic mass is 32.2. The van der Waals surface area contributed by atoms with Gasteiger partial charge in [0.05, 0.1) is 10.6 Å². The first-order chi connectivity index (χ1) is 15.0. The van der Waals surface area contributed by atoms with Gasteiger partial charge in [0, 0.05) is 18.6 Å². The van der Waals surface area contributed by atoms with Crippen LogP contribution in [-0.2, 0) is 4.79 Å². The third-order valence-corrected chi connectivity index (χ3v) is 6.94. The van der Waals surface area contributed by atoms with Gasteiger partial charge in [-0.15, -0.1) is 0 Å². The van der Waals surface area contributed by atoms with E-state index in [2.05, 4.69) is 51.4 Å². The minimum absolute atomic E-state index is 0.333. The molecule has 4 aliphatic rings. The lowest BCUT2D eigenvalue weighted by Crippen LogP contribution is -2.47. The molecule has 0 aromatic carbocycles. The number of guanidine groups is 1. The average molecular weight is 442 g/mol. The zero-order valence-electron chi connectivity index (χ0n) is 17.9. The fourth-order valence-electron chi connectivity index (χ4n) is 4.29. The molecule has 7 nitrogen and oxygen atoms in total. The van der Waals surface area contributed by atoms with Crippen molar-refractivity contribution < 1.29 is 9.59 Å². The Balaban J connectivity index is 1.18. The maximum Gasteiger partial charge on any atom is 0.290 e. The second-order valence-corrected chi connectivity index (χ2v) is 9.58. The van der Waals surface area contributed by atoms with E-state index in [4.69, 9.17) is 0 Å². The lowest BCUT2D eigenvalue weighted by molar-refractivity contribution is -0.115. The molecular formula is C23H31N5O2S. The Kier molecular flexibility index (Phi) is 7.29. The SMILES string of the molecule is CC1=CCC(CCN[C@H]2CC[C@H](NC3=NC(/C=C4\SC(=O)NC4=O)=CCN3)CC2)C=C1. The molecule has 2 heterocycles. The van der Waals surface area contributed by atoms with Crippen molar-refractivity contribution >= 4 is 28.9 Å². The van der Waals surface area contributed by atoms with Crippen molar-refractivity contribution in [3.05, 3.63) is 46.6 Å². The van der Waals surface area contributed by atoms with Gasteiger partial charge in [-0.05, 0) is 81.8 Å². The summed E-state index contributed by atoms with van der Waals surface area (Å²) in [5.41, 5.74) is 2.08. The number of nitrogens with one attached hydrogen (secondary N) is 4. The van der Waals surface area contributed by atoms with Crippen LogP contribution >= 0.6 is 11.8 Å². The molecule has 2 aliphatic heterocycles. The predicted molar refractivity (Wildman–Crippen MR) is 126 cm³/mol. The quantitative estimate of drug-likeness (QED) is 0.473. The number of aliphatic imine (C=N–C) groups is 1. The summed E-state index contributed by atoms with van der Waals surface area (Å²) in [6.07, 6.45) is 17.4. The molecule has 4 N–H and O–H groups in total. The first-order valence-electron chi connectivity index (χ1n) is 11.2. The summed E-state index contributed by atoms with van der Waals surface area (Å²) in [5, 5.41) is 12.5. The number of carbonyl (C=O) groups is 2. The van der Waals surface area contributed by atoms with Gasteiger partial charge >= 0.3 is 0 Å². The van der Waals surface area contributed by atoms with E-state index in [1.165, 1.54) is 18.4 Å². The molecule has 0 radical (unpaired) electrons. The van der Waals surface area contributed by atoms with Crippen LogP contribution < -0.4 is 21.3 Å². The fourth-order valence-corrected chi connectivity index (χ4v) is 4.96. The molecule has 0 bridgehead atoms. The third kappa shape index (κ3) is 6.33. The summed E-state index contributed by atoms with van der Waals surface area (Å²) in [6, 6.07) is 0.996. The summed E-state index contributed by atoms with van der Waals surface area (Å²) in [7, 11) is 0. The highest BCUT2D eigenvalue weighted by molar-refractivity contribution is 8.18. The fraction of sp³-hybridized carbons (Fsp3) is 0.522. The second-order valence-electron chi connectivity index (χ2n) is 8.56. The van der Waals surface area contributed by atoms with Gasteiger partial charge in [0.1, 0.15) is 0 Å². The lowest BCUT2D eigenvalue weighted by atomic mass is 9.90. The second kappa shape index (κ2) is 10.3. The number of thioether (sulfide) groups is 1. The lowest BCUT2D eigenvalue weighted by Gasteiger charge is -2.31. The normalized spacial score (nSPS) is 29.8. The molecule has 0 spiro atoms. The Bertz CT molecular complexity index is 865. The number of nitrogens with zero attached hydrogens (tertiary/aromatic N) is 1. The number of hydrogen-bond acceptors (Lipinski definition) is 7. The summed E-state index contributed by atoms with van der Waals surface area (Å²) in [4.78, 5) is 28.0. The van der Waals surface area contributed by atoms with Crippen molar-refractivity contribution in [2.75, 3.05) is 13.1 Å². The van der Waals surface area contributed by atoms with Gasteiger partial charge in [0.25, 0.3) is 11.1 Å². The molecule has 2 fully saturated rings. The Morgan fingerprint density at radius 2 is 2.00 bits per heavy atom. The van der Waals surface area contributed by atoms with Crippen molar-refractivity contribution in [3.8, 4) is 0 Å². The highest BCUT2D eigenvalue weighted by Gasteiger charge is 2.26. The van der Waals surface area contributed by atoms with Crippen molar-refractivity contribution in [2.24, 2.45) is 10.9 Å². The zero-order chi connectivity index (χ0) is 21.6. The van der Waals surface area contributed by atoms with Crippen molar-refractivity contribution in [3.63, 3.8) is 0 Å². The van der Waals surface area contributed by atoms with Crippen LogP contribution in [0.3, 0.4) is 0 Å². The van der Waals surface area contributed by atoms with Gasteiger partial charge in [0.15, 0.2) is 5.96 Å². The van der Waals surface area contributed by atoms with Gasteiger partial charge in [-0.2, -0.15) is 0 Å². The minimum Gasteiger partial charge on any atom is -0.353 e. The van der Waals surface area contributed by atoms with Gasteiger partial charge in [-0.3, -0.25) is 14.9 Å². The van der Waals surface area contributed by atoms with Gasteiger partial charge in [-0.1, -0.05) is 23.8 Å². The third-order valence-electron chi connectivity index (χ3n) is 6.13. The van der Waals surface area contributed by atoms with E-state index in [-0.39, 0.29) is 11.1 Å². The van der Waals surface area contributed by atoms with Crippen LogP contribution in [0.5, 0.6) is 0 Å². The van der Waals surface area contributed by atoms with E-state index >= 15 is 0 Å². The maximum absolute atomic E-state index is 11.7. The highest BCUT2D eigenvalue weighted by Crippen LogP contribution is 2.25. The van der Waals surface area contributed by atoms with E-state index in [0.29, 0.717) is 35.1 Å². The van der Waals surface area contributed by atoms with E-state index in [0.717, 1.165) is 49.9 Å². The van der Waals surface area contributed by atoms with Crippen LogP contribution in [-0.4, -0.2) is 42.3 Å². The predicted octanol–water partition coefficient (Wildman–Crippen LogP) is 3.10. The van der Waals surface area contributed by atoms with E-state index in [1.54, 1.807) is 6.08 Å². The molecule has 1 saturated heterocycles. The Labute approximate surface area is 188 Å². The van der Waals surface area contributed by atoms with Gasteiger partial charge in [0.2, 0.25) is 0 Å². The molecule has 2 amide bonds. The number of carbonyl (C=O) groups excluding carboxylic acids is 2. The minimum atomic E-state index is -0.351. The summed E-state index contributed by atoms with van der Waals surface area (Å²) >= 11 is 0.917. The van der Waals surface area contributed by atoms with Gasteiger partial charge < -0.3 is 16.0 Å². The molecule has 4 rings (SSSR count). The zero-order valence-corrected chi connectivity index (χ0v) is 18.8. The topological polar surface area (TPSA) is 94.6 Å². The van der Waals surface area contributed by atoms with Crippen LogP contribution in [0.15, 0.2) is 51.5 Å². The van der Waals surface area contributed by atoms with Crippen LogP contribution in [0.4, 0.5) is 4.79 Å². The Hall–Kier alpha value is -2.32. The first-order valence-corrected chi connectivity index (χ1v) is 12.0. The molecule has 0 aromatic rings. The van der Waals surface area contributed by atoms with Crippen molar-refractivity contribution in [2.45, 2.75) is 57.5 Å². The molecule has 0 aromatic heterocycles. The summed E-state index contributed by atoms with van der Waals surface area (Å²) < 4.78 is 0. The molecule has 2 aliphatic carbocycles. The van der Waals surface area contributed by atoms with Crippen LogP contribution in [0.25, 0.3) is 0 Å². The smallest absolute Gasteiger partial charge is 0.290 e. The van der Waals surface area contributed by atoms with Gasteiger partial charge in [-0.25, -0.2) is 4.99 Å². The molecule has 8 heteroatoms. The largest absolute Gasteiger partial charge is 0.353 e. The van der Waals surface area contributed by atoms with Crippen LogP contribution in [0, 0.1) is 5.92 Å². The molecule has 1 atom stereocenters. The first kappa shape index (κ1) is 21.9. The van der Waals surface area contributed by atoms with E-state index in [1.807, 2.05) is 6.08 Å². The average Bonchev–Trinajstić information content (AvgIpc) is 3.07. The monoisotopic (exact) mass is 441 g/mol. The number of allylic oxidation sites excluding steroid dienone is 5. The number of amides is 2. The molecule has 1 unspecified atom stereocenters. The Morgan fingerprint density at radius 3 is 2.71 bits per heavy atom. The van der Waals surface area contributed by atoms with Crippen LogP contribution in [0.1, 0.15) is 45.4 Å². The van der Waals surface area contributed by atoms with E-state index < -0.39 is 0 Å². The maximum atomic E-state index is 11.7. The Morgan fingerprint density at radius 1 is 1.19 bits per heavy atom. The number of rotatable bonds is 6. The van der Waals surface area contributed by atoms with E-state index in [9.17, 15) is 9.59 Å².